The highest BCUT2D eigenvalue weighted by Gasteiger charge is 2.42. The number of aryl methyl sites for hydroxylation is 3. The number of carbonyl (C=O) groups is 2. The minimum absolute atomic E-state index is 0.0184. The van der Waals surface area contributed by atoms with Crippen LogP contribution in [0.4, 0.5) is 4.79 Å². The molecule has 2 atom stereocenters. The number of aromatic nitrogens is 3. The molecular weight excluding hydrogens is 666 g/mol. The number of halogens is 2. The first-order chi connectivity index (χ1) is 22.4. The van der Waals surface area contributed by atoms with Gasteiger partial charge in [0.25, 0.3) is 0 Å². The summed E-state index contributed by atoms with van der Waals surface area (Å²) in [7, 11) is 0. The van der Waals surface area contributed by atoms with Crippen LogP contribution in [-0.4, -0.2) is 86.0 Å². The third-order valence-electron chi connectivity index (χ3n) is 9.75. The number of urea groups is 1. The van der Waals surface area contributed by atoms with Gasteiger partial charge >= 0.3 is 6.03 Å². The van der Waals surface area contributed by atoms with Crippen LogP contribution in [0, 0.1) is 0 Å². The van der Waals surface area contributed by atoms with Crippen molar-refractivity contribution in [2.24, 2.45) is 0 Å². The lowest BCUT2D eigenvalue weighted by atomic mass is 9.94. The summed E-state index contributed by atoms with van der Waals surface area (Å²) in [5.41, 5.74) is 4.59. The van der Waals surface area contributed by atoms with Crippen LogP contribution in [0.3, 0.4) is 0 Å². The molecule has 1 aliphatic heterocycles. The fraction of sp³-hybridized carbons (Fsp3) is 0.543. The second-order valence-electron chi connectivity index (χ2n) is 12.9. The Kier molecular flexibility index (Phi) is 11.0. The van der Waals surface area contributed by atoms with E-state index < -0.39 is 6.04 Å². The van der Waals surface area contributed by atoms with Gasteiger partial charge in [-0.15, -0.1) is 0 Å². The molecule has 2 aliphatic carbocycles. The first-order valence-corrected chi connectivity index (χ1v) is 18.1. The molecule has 1 saturated heterocycles. The van der Waals surface area contributed by atoms with Gasteiger partial charge in [0, 0.05) is 73.4 Å². The summed E-state index contributed by atoms with van der Waals surface area (Å²) in [6.45, 7) is 5.71. The summed E-state index contributed by atoms with van der Waals surface area (Å²) in [4.78, 5) is 43.8. The first-order valence-electron chi connectivity index (χ1n) is 16.9. The van der Waals surface area contributed by atoms with Crippen molar-refractivity contribution in [3.05, 3.63) is 81.1 Å². The maximum Gasteiger partial charge on any atom is 0.318 e. The topological polar surface area (TPSA) is 86.6 Å². The minimum Gasteiger partial charge on any atom is -0.341 e. The van der Waals surface area contributed by atoms with Gasteiger partial charge in [-0.25, -0.2) is 9.78 Å². The van der Waals surface area contributed by atoms with Gasteiger partial charge in [0.1, 0.15) is 6.04 Å². The normalized spacial score (nSPS) is 20.5. The maximum absolute atomic E-state index is 14.6. The summed E-state index contributed by atoms with van der Waals surface area (Å²) in [5, 5.41) is 4.03. The number of imidazole rings is 1. The molecule has 3 heterocycles. The zero-order chi connectivity index (χ0) is 32.0. The number of nitrogens with zero attached hydrogens (tertiary/aromatic N) is 6. The largest absolute Gasteiger partial charge is 0.341 e. The van der Waals surface area contributed by atoms with Gasteiger partial charge in [-0.1, -0.05) is 43.9 Å². The molecule has 0 spiro atoms. The molecule has 46 heavy (non-hydrogen) atoms. The first kappa shape index (κ1) is 33.0. The van der Waals surface area contributed by atoms with E-state index in [1.165, 1.54) is 23.1 Å². The summed E-state index contributed by atoms with van der Waals surface area (Å²) in [6, 6.07) is 7.64. The van der Waals surface area contributed by atoms with Gasteiger partial charge in [-0.3, -0.25) is 14.7 Å². The predicted octanol–water partition coefficient (Wildman–Crippen LogP) is 6.24. The second-order valence-corrected chi connectivity index (χ2v) is 14.3. The van der Waals surface area contributed by atoms with E-state index in [0.717, 1.165) is 73.1 Å². The van der Waals surface area contributed by atoms with Gasteiger partial charge in [0.05, 0.1) is 18.1 Å². The Balaban J connectivity index is 1.30. The smallest absolute Gasteiger partial charge is 0.318 e. The number of rotatable bonds is 9. The lowest BCUT2D eigenvalue weighted by Crippen LogP contribution is -2.64. The molecule has 3 aromatic rings. The van der Waals surface area contributed by atoms with Gasteiger partial charge in [0.2, 0.25) is 5.91 Å². The molecule has 246 valence electrons. The average Bonchev–Trinajstić information content (AvgIpc) is 3.53. The van der Waals surface area contributed by atoms with Crippen LogP contribution in [0.1, 0.15) is 80.3 Å². The highest BCUT2D eigenvalue weighted by atomic mass is 79.9. The summed E-state index contributed by atoms with van der Waals surface area (Å²) in [6.07, 6.45) is 16.3. The van der Waals surface area contributed by atoms with Gasteiger partial charge < -0.3 is 19.7 Å². The van der Waals surface area contributed by atoms with E-state index in [0.29, 0.717) is 32.7 Å². The number of fused-ring (bicyclic) bond motifs is 2. The number of nitrogens with one attached hydrogen (secondary N) is 1. The molecule has 2 aromatic heterocycles. The summed E-state index contributed by atoms with van der Waals surface area (Å²) in [5.74, 6) is 0.0184. The van der Waals surface area contributed by atoms with Crippen molar-refractivity contribution < 1.29 is 9.59 Å². The van der Waals surface area contributed by atoms with Crippen LogP contribution in [0.15, 0.2) is 53.7 Å². The Morgan fingerprint density at radius 2 is 1.91 bits per heavy atom. The number of hydrogen-bond donors (Lipinski definition) is 1. The molecule has 1 aromatic carbocycles. The maximum atomic E-state index is 14.6. The lowest BCUT2D eigenvalue weighted by Gasteiger charge is -2.45. The molecule has 2 fully saturated rings. The van der Waals surface area contributed by atoms with E-state index in [-0.39, 0.29) is 24.0 Å². The molecule has 3 aliphatic rings. The average molecular weight is 711 g/mol. The van der Waals surface area contributed by atoms with Gasteiger partial charge in [0.15, 0.2) is 0 Å². The standard InChI is InChI=1S/C35H45BrClN7O2/c1-2-14-42(16-6-15-41-17-13-38-24-41)34(45)31-23-43(18-19-44(31)35(46)40-29-7-4-3-5-8-29)33-30-12-11-28(37)21-25(30)9-10-26-20-27(36)22-39-32(26)33/h11-13,17,20-22,24,29,31,33H,2-10,14-16,18-19,23H2,1H3,(H,40,46)/t31-,33?/m1/s1. The monoisotopic (exact) mass is 709 g/mol. The molecule has 1 unspecified atom stereocenters. The Morgan fingerprint density at radius 3 is 2.70 bits per heavy atom. The van der Waals surface area contributed by atoms with Crippen molar-refractivity contribution in [3.63, 3.8) is 0 Å². The number of piperazine rings is 1. The Bertz CT molecular complexity index is 1440. The summed E-state index contributed by atoms with van der Waals surface area (Å²) >= 11 is 10.1. The van der Waals surface area contributed by atoms with Crippen molar-refractivity contribution in [1.82, 2.24) is 34.6 Å². The fourth-order valence-electron chi connectivity index (χ4n) is 7.46. The third-order valence-corrected chi connectivity index (χ3v) is 10.4. The van der Waals surface area contributed by atoms with Crippen LogP contribution in [0.5, 0.6) is 0 Å². The molecule has 1 N–H and O–H groups in total. The van der Waals surface area contributed by atoms with Crippen LogP contribution < -0.4 is 5.32 Å². The van der Waals surface area contributed by atoms with Crippen molar-refractivity contribution in [2.45, 2.75) is 89.4 Å². The predicted molar refractivity (Wildman–Crippen MR) is 184 cm³/mol. The molecule has 6 rings (SSSR count). The van der Waals surface area contributed by atoms with Crippen LogP contribution in [0.2, 0.25) is 5.02 Å². The highest BCUT2D eigenvalue weighted by molar-refractivity contribution is 9.10. The SMILES string of the molecule is CCCN(CCCn1ccnc1)C(=O)[C@H]1CN(C2c3ccc(Cl)cc3CCc3cc(Br)cnc32)CCN1C(=O)NC1CCCCC1. The summed E-state index contributed by atoms with van der Waals surface area (Å²) < 4.78 is 3.00. The van der Waals surface area contributed by atoms with Crippen molar-refractivity contribution in [1.29, 1.82) is 0 Å². The fourth-order valence-corrected chi connectivity index (χ4v) is 8.03. The number of pyridine rings is 1. The van der Waals surface area contributed by atoms with E-state index >= 15 is 0 Å². The van der Waals surface area contributed by atoms with Crippen LogP contribution in [0.25, 0.3) is 0 Å². The molecular formula is C35H45BrClN7O2. The molecule has 0 bridgehead atoms. The third kappa shape index (κ3) is 7.60. The van der Waals surface area contributed by atoms with Crippen LogP contribution in [-0.2, 0) is 24.2 Å². The number of carbonyl (C=O) groups excluding carboxylic acids is 2. The van der Waals surface area contributed by atoms with E-state index in [2.05, 4.69) is 56.3 Å². The Morgan fingerprint density at radius 1 is 1.09 bits per heavy atom. The van der Waals surface area contributed by atoms with Crippen LogP contribution >= 0.6 is 27.5 Å². The quantitative estimate of drug-likeness (QED) is 0.284. The minimum atomic E-state index is -0.602. The van der Waals surface area contributed by atoms with E-state index in [9.17, 15) is 9.59 Å². The number of benzene rings is 1. The second kappa shape index (κ2) is 15.3. The van der Waals surface area contributed by atoms with E-state index in [1.54, 1.807) is 6.20 Å². The number of amides is 3. The molecule has 3 amide bonds. The number of hydrogen-bond acceptors (Lipinski definition) is 5. The van der Waals surface area contributed by atoms with E-state index in [4.69, 9.17) is 16.6 Å². The zero-order valence-corrected chi connectivity index (χ0v) is 29.1. The highest BCUT2D eigenvalue weighted by Crippen LogP contribution is 2.38. The molecule has 1 saturated carbocycles. The Labute approximate surface area is 285 Å². The molecule has 11 heteroatoms. The molecule has 0 radical (unpaired) electrons. The van der Waals surface area contributed by atoms with Crippen molar-refractivity contribution >= 4 is 39.5 Å². The zero-order valence-electron chi connectivity index (χ0n) is 26.7. The van der Waals surface area contributed by atoms with Gasteiger partial charge in [-0.05, 0) is 89.3 Å². The van der Waals surface area contributed by atoms with Crippen molar-refractivity contribution in [3.8, 4) is 0 Å². The van der Waals surface area contributed by atoms with Gasteiger partial charge in [-0.2, -0.15) is 0 Å². The van der Waals surface area contributed by atoms with Crippen molar-refractivity contribution in [2.75, 3.05) is 32.7 Å². The van der Waals surface area contributed by atoms with E-state index in [1.807, 2.05) is 39.2 Å². The Hall–Kier alpha value is -2.95. The molecule has 9 nitrogen and oxygen atoms in total. The lowest BCUT2D eigenvalue weighted by molar-refractivity contribution is -0.138.